The number of hydrogen-bond acceptors (Lipinski definition) is 3. The van der Waals surface area contributed by atoms with E-state index in [1.165, 1.54) is 16.8 Å². The fourth-order valence-corrected chi connectivity index (χ4v) is 3.34. The molecule has 0 saturated carbocycles. The fourth-order valence-electron chi connectivity index (χ4n) is 2.45. The van der Waals surface area contributed by atoms with Crippen LogP contribution in [0.15, 0.2) is 35.7 Å². The number of benzene rings is 1. The second kappa shape index (κ2) is 4.51. The van der Waals surface area contributed by atoms with Gasteiger partial charge in [0.2, 0.25) is 0 Å². The lowest BCUT2D eigenvalue weighted by Gasteiger charge is -2.30. The lowest BCUT2D eigenvalue weighted by atomic mass is 10.1. The van der Waals surface area contributed by atoms with Crippen LogP contribution in [0.2, 0.25) is 0 Å². The molecule has 2 heterocycles. The lowest BCUT2D eigenvalue weighted by Crippen LogP contribution is -2.30. The maximum atomic E-state index is 5.81. The molecule has 0 radical (unpaired) electrons. The Morgan fingerprint density at radius 3 is 3.00 bits per heavy atom. The molecule has 1 aromatic carbocycles. The molecular weight excluding hydrogens is 228 g/mol. The van der Waals surface area contributed by atoms with E-state index in [0.29, 0.717) is 6.54 Å². The first-order chi connectivity index (χ1) is 8.38. The molecule has 3 rings (SSSR count). The Kier molecular flexibility index (Phi) is 2.87. The molecule has 3 heteroatoms. The van der Waals surface area contributed by atoms with Crippen LogP contribution >= 0.6 is 11.3 Å². The van der Waals surface area contributed by atoms with Gasteiger partial charge in [0.1, 0.15) is 0 Å². The first kappa shape index (κ1) is 10.8. The zero-order valence-corrected chi connectivity index (χ0v) is 10.5. The highest BCUT2D eigenvalue weighted by Crippen LogP contribution is 2.29. The summed E-state index contributed by atoms with van der Waals surface area (Å²) in [5.41, 5.74) is 9.83. The van der Waals surface area contributed by atoms with E-state index in [9.17, 15) is 0 Å². The highest BCUT2D eigenvalue weighted by atomic mass is 32.1. The molecule has 2 nitrogen and oxygen atoms in total. The van der Waals surface area contributed by atoms with Crippen molar-refractivity contribution in [1.82, 2.24) is 0 Å². The van der Waals surface area contributed by atoms with Crippen LogP contribution in [-0.2, 0) is 19.5 Å². The molecule has 0 unspecified atom stereocenters. The minimum atomic E-state index is 0.614. The Balaban J connectivity index is 1.91. The lowest BCUT2D eigenvalue weighted by molar-refractivity contribution is 0.738. The summed E-state index contributed by atoms with van der Waals surface area (Å²) in [5, 5.41) is 2.20. The first-order valence-corrected chi connectivity index (χ1v) is 6.84. The smallest absolute Gasteiger partial charge is 0.0440 e. The summed E-state index contributed by atoms with van der Waals surface area (Å²) in [6, 6.07) is 10.7. The number of hydrogen-bond donors (Lipinski definition) is 1. The topological polar surface area (TPSA) is 29.3 Å². The summed E-state index contributed by atoms with van der Waals surface area (Å²) in [4.78, 5) is 3.99. The molecular formula is C14H16N2S. The SMILES string of the molecule is NCc1ccccc1N1CCc2sccc2C1. The van der Waals surface area contributed by atoms with E-state index >= 15 is 0 Å². The molecule has 88 valence electrons. The van der Waals surface area contributed by atoms with Gasteiger partial charge in [-0.15, -0.1) is 11.3 Å². The van der Waals surface area contributed by atoms with Gasteiger partial charge in [0.25, 0.3) is 0 Å². The van der Waals surface area contributed by atoms with Gasteiger partial charge in [-0.25, -0.2) is 0 Å². The van der Waals surface area contributed by atoms with Crippen molar-refractivity contribution >= 4 is 17.0 Å². The standard InChI is InChI=1S/C14H16N2S/c15-9-11-3-1-2-4-13(11)16-7-5-14-12(10-16)6-8-17-14/h1-4,6,8H,5,7,9-10,15H2. The molecule has 0 atom stereocenters. The van der Waals surface area contributed by atoms with Gasteiger partial charge in [-0.1, -0.05) is 18.2 Å². The van der Waals surface area contributed by atoms with Crippen LogP contribution in [0.1, 0.15) is 16.0 Å². The third-order valence-corrected chi connectivity index (χ3v) is 4.38. The highest BCUT2D eigenvalue weighted by molar-refractivity contribution is 7.10. The van der Waals surface area contributed by atoms with Crippen LogP contribution in [-0.4, -0.2) is 6.54 Å². The number of anilines is 1. The van der Waals surface area contributed by atoms with Gasteiger partial charge >= 0.3 is 0 Å². The Bertz CT molecular complexity index is 518. The van der Waals surface area contributed by atoms with Gasteiger partial charge in [-0.3, -0.25) is 0 Å². The largest absolute Gasteiger partial charge is 0.367 e. The van der Waals surface area contributed by atoms with Crippen molar-refractivity contribution in [3.8, 4) is 0 Å². The van der Waals surface area contributed by atoms with Crippen molar-refractivity contribution in [3.63, 3.8) is 0 Å². The molecule has 1 aliphatic heterocycles. The molecule has 1 aromatic heterocycles. The minimum Gasteiger partial charge on any atom is -0.367 e. The Morgan fingerprint density at radius 1 is 1.24 bits per heavy atom. The van der Waals surface area contributed by atoms with Gasteiger partial charge in [0.15, 0.2) is 0 Å². The summed E-state index contributed by atoms with van der Waals surface area (Å²) >= 11 is 1.88. The molecule has 0 amide bonds. The summed E-state index contributed by atoms with van der Waals surface area (Å²) in [6.07, 6.45) is 1.16. The van der Waals surface area contributed by atoms with Crippen LogP contribution in [0.3, 0.4) is 0 Å². The first-order valence-electron chi connectivity index (χ1n) is 5.96. The van der Waals surface area contributed by atoms with E-state index in [1.54, 1.807) is 4.88 Å². The molecule has 0 spiro atoms. The zero-order valence-electron chi connectivity index (χ0n) is 9.73. The Morgan fingerprint density at radius 2 is 2.12 bits per heavy atom. The normalized spacial score (nSPS) is 14.8. The Labute approximate surface area is 106 Å². The van der Waals surface area contributed by atoms with Crippen molar-refractivity contribution in [2.45, 2.75) is 19.5 Å². The number of para-hydroxylation sites is 1. The van der Waals surface area contributed by atoms with E-state index in [0.717, 1.165) is 19.5 Å². The summed E-state index contributed by atoms with van der Waals surface area (Å²) in [5.74, 6) is 0. The van der Waals surface area contributed by atoms with E-state index in [4.69, 9.17) is 5.73 Å². The monoisotopic (exact) mass is 244 g/mol. The summed E-state index contributed by atoms with van der Waals surface area (Å²) < 4.78 is 0. The van der Waals surface area contributed by atoms with Crippen molar-refractivity contribution in [3.05, 3.63) is 51.7 Å². The van der Waals surface area contributed by atoms with E-state index in [2.05, 4.69) is 40.6 Å². The molecule has 2 aromatic rings. The van der Waals surface area contributed by atoms with Crippen molar-refractivity contribution in [1.29, 1.82) is 0 Å². The van der Waals surface area contributed by atoms with E-state index < -0.39 is 0 Å². The van der Waals surface area contributed by atoms with E-state index in [1.807, 2.05) is 11.3 Å². The van der Waals surface area contributed by atoms with Gasteiger partial charge in [0.05, 0.1) is 0 Å². The number of nitrogens with two attached hydrogens (primary N) is 1. The van der Waals surface area contributed by atoms with Crippen LogP contribution < -0.4 is 10.6 Å². The number of rotatable bonds is 2. The third-order valence-electron chi connectivity index (χ3n) is 3.36. The third kappa shape index (κ3) is 1.96. The van der Waals surface area contributed by atoms with Crippen molar-refractivity contribution < 1.29 is 0 Å². The molecule has 2 N–H and O–H groups in total. The predicted molar refractivity (Wildman–Crippen MR) is 73.4 cm³/mol. The van der Waals surface area contributed by atoms with Gasteiger partial charge in [-0.05, 0) is 35.1 Å². The van der Waals surface area contributed by atoms with Gasteiger partial charge in [0, 0.05) is 30.2 Å². The number of thiophene rings is 1. The number of nitrogens with zero attached hydrogens (tertiary/aromatic N) is 1. The molecule has 1 aliphatic rings. The average molecular weight is 244 g/mol. The van der Waals surface area contributed by atoms with Crippen LogP contribution in [0.4, 0.5) is 5.69 Å². The predicted octanol–water partition coefficient (Wildman–Crippen LogP) is 2.77. The minimum absolute atomic E-state index is 0.614. The average Bonchev–Trinajstić information content (AvgIpc) is 2.85. The van der Waals surface area contributed by atoms with Crippen LogP contribution in [0, 0.1) is 0 Å². The summed E-state index contributed by atoms with van der Waals surface area (Å²) in [7, 11) is 0. The fraction of sp³-hybridized carbons (Fsp3) is 0.286. The maximum Gasteiger partial charge on any atom is 0.0440 e. The molecule has 0 fully saturated rings. The molecule has 0 saturated heterocycles. The van der Waals surface area contributed by atoms with E-state index in [-0.39, 0.29) is 0 Å². The summed E-state index contributed by atoms with van der Waals surface area (Å²) in [6.45, 7) is 2.74. The van der Waals surface area contributed by atoms with Crippen molar-refractivity contribution in [2.24, 2.45) is 5.73 Å². The Hall–Kier alpha value is -1.32. The molecule has 0 aliphatic carbocycles. The maximum absolute atomic E-state index is 5.81. The highest BCUT2D eigenvalue weighted by Gasteiger charge is 2.18. The quantitative estimate of drug-likeness (QED) is 0.880. The van der Waals surface area contributed by atoms with Crippen LogP contribution in [0.5, 0.6) is 0 Å². The van der Waals surface area contributed by atoms with Gasteiger partial charge < -0.3 is 10.6 Å². The second-order valence-electron chi connectivity index (χ2n) is 4.37. The molecule has 17 heavy (non-hydrogen) atoms. The second-order valence-corrected chi connectivity index (χ2v) is 5.37. The zero-order chi connectivity index (χ0) is 11.7. The van der Waals surface area contributed by atoms with Gasteiger partial charge in [-0.2, -0.15) is 0 Å². The molecule has 0 bridgehead atoms. The number of fused-ring (bicyclic) bond motifs is 1. The van der Waals surface area contributed by atoms with Crippen LogP contribution in [0.25, 0.3) is 0 Å². The van der Waals surface area contributed by atoms with Crippen molar-refractivity contribution in [2.75, 3.05) is 11.4 Å².